The molecule has 0 aliphatic carbocycles. The van der Waals surface area contributed by atoms with Crippen LogP contribution in [0.25, 0.3) is 10.9 Å². The third-order valence-corrected chi connectivity index (χ3v) is 4.85. The molecule has 4 nitrogen and oxygen atoms in total. The Morgan fingerprint density at radius 2 is 2.17 bits per heavy atom. The summed E-state index contributed by atoms with van der Waals surface area (Å²) in [6, 6.07) is 8.51. The molecule has 1 aromatic carbocycles. The first-order valence-corrected chi connectivity index (χ1v) is 9.17. The van der Waals surface area contributed by atoms with Crippen molar-refractivity contribution >= 4 is 16.9 Å². The van der Waals surface area contributed by atoms with Gasteiger partial charge in [0.2, 0.25) is 0 Å². The average Bonchev–Trinajstić information content (AvgIpc) is 3.14. The lowest BCUT2D eigenvalue weighted by Gasteiger charge is -2.23. The van der Waals surface area contributed by atoms with E-state index in [2.05, 4.69) is 66.4 Å². The summed E-state index contributed by atoms with van der Waals surface area (Å²) in [6.45, 7) is 10.8. The van der Waals surface area contributed by atoms with Crippen molar-refractivity contribution in [1.29, 1.82) is 0 Å². The van der Waals surface area contributed by atoms with Crippen LogP contribution >= 0.6 is 0 Å². The molecule has 0 saturated carbocycles. The molecule has 0 unspecified atom stereocenters. The predicted molar refractivity (Wildman–Crippen MR) is 103 cm³/mol. The molecular weight excluding hydrogens is 296 g/mol. The topological polar surface area (TPSA) is 43.4 Å². The van der Waals surface area contributed by atoms with Crippen molar-refractivity contribution in [3.63, 3.8) is 0 Å². The highest BCUT2D eigenvalue weighted by molar-refractivity contribution is 5.83. The summed E-state index contributed by atoms with van der Waals surface area (Å²) in [7, 11) is 0. The molecule has 0 radical (unpaired) electrons. The number of aliphatic imine (C=N–C) groups is 1. The lowest BCUT2D eigenvalue weighted by Crippen LogP contribution is -2.40. The second-order valence-electron chi connectivity index (χ2n) is 7.53. The van der Waals surface area contributed by atoms with Gasteiger partial charge in [-0.2, -0.15) is 0 Å². The van der Waals surface area contributed by atoms with Gasteiger partial charge in [0, 0.05) is 43.3 Å². The van der Waals surface area contributed by atoms with Crippen LogP contribution < -0.4 is 5.32 Å². The maximum Gasteiger partial charge on any atom is 0.193 e. The zero-order chi connectivity index (χ0) is 17.0. The van der Waals surface area contributed by atoms with Gasteiger partial charge in [-0.3, -0.25) is 4.99 Å². The van der Waals surface area contributed by atoms with Gasteiger partial charge in [0.1, 0.15) is 0 Å². The number of H-pyrrole nitrogens is 1. The Bertz CT molecular complexity index is 698. The number of guanidine groups is 1. The second-order valence-corrected chi connectivity index (χ2v) is 7.53. The highest BCUT2D eigenvalue weighted by Crippen LogP contribution is 2.28. The van der Waals surface area contributed by atoms with Crippen molar-refractivity contribution in [2.75, 3.05) is 26.2 Å². The lowest BCUT2D eigenvalue weighted by atomic mass is 9.93. The molecule has 1 aliphatic heterocycles. The first-order chi connectivity index (χ1) is 11.6. The van der Waals surface area contributed by atoms with Crippen molar-refractivity contribution < 1.29 is 0 Å². The lowest BCUT2D eigenvalue weighted by molar-refractivity contribution is 0.370. The number of nitrogens with one attached hydrogen (secondary N) is 2. The fraction of sp³-hybridized carbons (Fsp3) is 0.550. The Balaban J connectivity index is 1.57. The van der Waals surface area contributed by atoms with E-state index >= 15 is 0 Å². The average molecular weight is 326 g/mol. The fourth-order valence-electron chi connectivity index (χ4n) is 3.51. The molecule has 1 saturated heterocycles. The van der Waals surface area contributed by atoms with Crippen LogP contribution in [-0.2, 0) is 6.42 Å². The summed E-state index contributed by atoms with van der Waals surface area (Å²) in [4.78, 5) is 10.6. The van der Waals surface area contributed by atoms with Crippen LogP contribution in [0.2, 0.25) is 0 Å². The second kappa shape index (κ2) is 7.29. The van der Waals surface area contributed by atoms with E-state index in [4.69, 9.17) is 4.99 Å². The predicted octanol–water partition coefficient (Wildman–Crippen LogP) is 3.80. The number of aromatic amines is 1. The first-order valence-electron chi connectivity index (χ1n) is 9.17. The molecule has 4 heteroatoms. The minimum absolute atomic E-state index is 0.403. The maximum absolute atomic E-state index is 4.86. The van der Waals surface area contributed by atoms with Crippen LogP contribution in [0, 0.1) is 5.41 Å². The molecule has 2 heterocycles. The zero-order valence-electron chi connectivity index (χ0n) is 15.2. The van der Waals surface area contributed by atoms with Crippen LogP contribution in [0.3, 0.4) is 0 Å². The number of aromatic nitrogens is 1. The molecule has 2 N–H and O–H groups in total. The van der Waals surface area contributed by atoms with E-state index in [9.17, 15) is 0 Å². The van der Waals surface area contributed by atoms with Gasteiger partial charge in [-0.1, -0.05) is 32.0 Å². The molecule has 0 atom stereocenters. The fourth-order valence-corrected chi connectivity index (χ4v) is 3.51. The molecule has 130 valence electrons. The van der Waals surface area contributed by atoms with E-state index < -0.39 is 0 Å². The van der Waals surface area contributed by atoms with E-state index in [0.29, 0.717) is 5.41 Å². The molecule has 1 aromatic heterocycles. The number of hydrogen-bond acceptors (Lipinski definition) is 1. The van der Waals surface area contributed by atoms with E-state index in [1.165, 1.54) is 22.9 Å². The summed E-state index contributed by atoms with van der Waals surface area (Å²) in [5.74, 6) is 1.09. The Morgan fingerprint density at radius 3 is 2.92 bits per heavy atom. The number of aryl methyl sites for hydroxylation is 1. The summed E-state index contributed by atoms with van der Waals surface area (Å²) in [6.07, 6.45) is 5.53. The number of fused-ring (bicyclic) bond motifs is 1. The van der Waals surface area contributed by atoms with E-state index in [0.717, 1.165) is 45.0 Å². The Labute approximate surface area is 145 Å². The number of rotatable bonds is 5. The van der Waals surface area contributed by atoms with Gasteiger partial charge in [-0.15, -0.1) is 0 Å². The molecule has 0 bridgehead atoms. The van der Waals surface area contributed by atoms with Gasteiger partial charge in [-0.25, -0.2) is 0 Å². The SMILES string of the molecule is CCNC(=NCCCc1c[nH]c2ccccc12)N1CCC(C)(C)C1. The third-order valence-electron chi connectivity index (χ3n) is 4.85. The van der Waals surface area contributed by atoms with Gasteiger partial charge in [0.15, 0.2) is 5.96 Å². The summed E-state index contributed by atoms with van der Waals surface area (Å²) >= 11 is 0. The number of para-hydroxylation sites is 1. The zero-order valence-corrected chi connectivity index (χ0v) is 15.2. The largest absolute Gasteiger partial charge is 0.361 e. The molecular formula is C20H30N4. The van der Waals surface area contributed by atoms with Crippen molar-refractivity contribution in [1.82, 2.24) is 15.2 Å². The molecule has 0 amide bonds. The van der Waals surface area contributed by atoms with Crippen molar-refractivity contribution in [2.24, 2.45) is 10.4 Å². The minimum Gasteiger partial charge on any atom is -0.361 e. The van der Waals surface area contributed by atoms with Crippen molar-refractivity contribution in [3.8, 4) is 0 Å². The number of likely N-dealkylation sites (tertiary alicyclic amines) is 1. The number of hydrogen-bond donors (Lipinski definition) is 2. The Kier molecular flexibility index (Phi) is 5.12. The maximum atomic E-state index is 4.86. The number of benzene rings is 1. The van der Waals surface area contributed by atoms with Crippen molar-refractivity contribution in [2.45, 2.75) is 40.0 Å². The normalized spacial score (nSPS) is 17.6. The molecule has 24 heavy (non-hydrogen) atoms. The first kappa shape index (κ1) is 16.9. The van der Waals surface area contributed by atoms with Crippen LogP contribution in [0.15, 0.2) is 35.5 Å². The summed E-state index contributed by atoms with van der Waals surface area (Å²) in [5.41, 5.74) is 3.02. The minimum atomic E-state index is 0.403. The molecule has 0 spiro atoms. The van der Waals surface area contributed by atoms with E-state index in [1.54, 1.807) is 0 Å². The quantitative estimate of drug-likeness (QED) is 0.499. The summed E-state index contributed by atoms with van der Waals surface area (Å²) < 4.78 is 0. The summed E-state index contributed by atoms with van der Waals surface area (Å²) in [5, 5.41) is 4.80. The Hall–Kier alpha value is -1.97. The molecule has 3 rings (SSSR count). The van der Waals surface area contributed by atoms with Gasteiger partial charge in [0.25, 0.3) is 0 Å². The van der Waals surface area contributed by atoms with E-state index in [-0.39, 0.29) is 0 Å². The highest BCUT2D eigenvalue weighted by Gasteiger charge is 2.30. The highest BCUT2D eigenvalue weighted by atomic mass is 15.3. The van der Waals surface area contributed by atoms with Crippen LogP contribution in [-0.4, -0.2) is 42.0 Å². The van der Waals surface area contributed by atoms with E-state index in [1.807, 2.05) is 0 Å². The molecule has 2 aromatic rings. The number of nitrogens with zero attached hydrogens (tertiary/aromatic N) is 2. The van der Waals surface area contributed by atoms with Crippen LogP contribution in [0.1, 0.15) is 39.2 Å². The monoisotopic (exact) mass is 326 g/mol. The van der Waals surface area contributed by atoms with Gasteiger partial charge in [0.05, 0.1) is 0 Å². The van der Waals surface area contributed by atoms with Crippen LogP contribution in [0.4, 0.5) is 0 Å². The third kappa shape index (κ3) is 3.92. The standard InChI is InChI=1S/C20H30N4/c1-4-21-19(24-13-11-20(2,3)15-24)22-12-7-8-16-14-23-18-10-6-5-9-17(16)18/h5-6,9-10,14,23H,4,7-8,11-13,15H2,1-3H3,(H,21,22). The van der Waals surface area contributed by atoms with Crippen LogP contribution in [0.5, 0.6) is 0 Å². The van der Waals surface area contributed by atoms with Gasteiger partial charge >= 0.3 is 0 Å². The smallest absolute Gasteiger partial charge is 0.193 e. The van der Waals surface area contributed by atoms with Gasteiger partial charge < -0.3 is 15.2 Å². The van der Waals surface area contributed by atoms with Crippen molar-refractivity contribution in [3.05, 3.63) is 36.0 Å². The molecule has 1 fully saturated rings. The van der Waals surface area contributed by atoms with Gasteiger partial charge in [-0.05, 0) is 43.2 Å². The Morgan fingerprint density at radius 1 is 1.33 bits per heavy atom. The molecule has 1 aliphatic rings.